The van der Waals surface area contributed by atoms with Crippen LogP contribution in [0.5, 0.6) is 0 Å². The second-order valence-corrected chi connectivity index (χ2v) is 5.89. The molecule has 0 saturated heterocycles. The number of fused-ring (bicyclic) bond motifs is 1. The standard InChI is InChI=1S/C19H13ClN4O/c20-17-11-13(9-10-21-17)19(25)22-14-7-5-12(6-8-14)18-23-15-3-1-2-4-16(15)24-18/h1-11H,(H,22,25)(H,23,24). The second kappa shape index (κ2) is 6.37. The molecule has 0 unspecified atom stereocenters. The third-order valence-electron chi connectivity index (χ3n) is 3.79. The number of aromatic amines is 1. The van der Waals surface area contributed by atoms with Crippen molar-refractivity contribution in [1.29, 1.82) is 0 Å². The van der Waals surface area contributed by atoms with Crippen LogP contribution < -0.4 is 5.32 Å². The highest BCUT2D eigenvalue weighted by Crippen LogP contribution is 2.22. The highest BCUT2D eigenvalue weighted by molar-refractivity contribution is 6.29. The first kappa shape index (κ1) is 15.4. The number of nitrogens with zero attached hydrogens (tertiary/aromatic N) is 2. The van der Waals surface area contributed by atoms with Crippen molar-refractivity contribution in [3.8, 4) is 11.4 Å². The van der Waals surface area contributed by atoms with Crippen LogP contribution in [0.2, 0.25) is 5.15 Å². The Balaban J connectivity index is 1.54. The van der Waals surface area contributed by atoms with Gasteiger partial charge in [-0.2, -0.15) is 0 Å². The molecule has 0 aliphatic rings. The molecule has 0 fully saturated rings. The van der Waals surface area contributed by atoms with Gasteiger partial charge in [0, 0.05) is 23.0 Å². The monoisotopic (exact) mass is 348 g/mol. The molecule has 0 aliphatic carbocycles. The predicted molar refractivity (Wildman–Crippen MR) is 98.7 cm³/mol. The van der Waals surface area contributed by atoms with Crippen LogP contribution in [0.15, 0.2) is 66.9 Å². The number of amides is 1. The molecule has 6 heteroatoms. The number of hydrogen-bond acceptors (Lipinski definition) is 3. The molecule has 2 heterocycles. The lowest BCUT2D eigenvalue weighted by molar-refractivity contribution is 0.102. The zero-order chi connectivity index (χ0) is 17.2. The molecule has 2 N–H and O–H groups in total. The minimum absolute atomic E-state index is 0.235. The van der Waals surface area contributed by atoms with E-state index in [9.17, 15) is 4.79 Å². The molecule has 0 radical (unpaired) electrons. The lowest BCUT2D eigenvalue weighted by Gasteiger charge is -2.06. The Morgan fingerprint density at radius 1 is 1.04 bits per heavy atom. The van der Waals surface area contributed by atoms with Gasteiger partial charge in [0.15, 0.2) is 0 Å². The van der Waals surface area contributed by atoms with E-state index < -0.39 is 0 Å². The number of aromatic nitrogens is 3. The minimum Gasteiger partial charge on any atom is -0.338 e. The fourth-order valence-electron chi connectivity index (χ4n) is 2.55. The van der Waals surface area contributed by atoms with E-state index in [0.29, 0.717) is 11.3 Å². The molecular formula is C19H13ClN4O. The van der Waals surface area contributed by atoms with E-state index in [2.05, 4.69) is 20.3 Å². The summed E-state index contributed by atoms with van der Waals surface area (Å²) in [4.78, 5) is 23.9. The van der Waals surface area contributed by atoms with Gasteiger partial charge in [-0.05, 0) is 48.5 Å². The van der Waals surface area contributed by atoms with Crippen LogP contribution in [0.1, 0.15) is 10.4 Å². The number of rotatable bonds is 3. The second-order valence-electron chi connectivity index (χ2n) is 5.50. The maximum Gasteiger partial charge on any atom is 0.255 e. The Morgan fingerprint density at radius 2 is 1.84 bits per heavy atom. The average Bonchev–Trinajstić information content (AvgIpc) is 3.06. The molecule has 2 aromatic carbocycles. The summed E-state index contributed by atoms with van der Waals surface area (Å²) in [6.07, 6.45) is 1.50. The van der Waals surface area contributed by atoms with Crippen molar-refractivity contribution in [3.63, 3.8) is 0 Å². The first-order chi connectivity index (χ1) is 12.2. The number of H-pyrrole nitrogens is 1. The van der Waals surface area contributed by atoms with Crippen LogP contribution in [0.4, 0.5) is 5.69 Å². The molecule has 25 heavy (non-hydrogen) atoms. The normalized spacial score (nSPS) is 10.8. The summed E-state index contributed by atoms with van der Waals surface area (Å²) in [6, 6.07) is 18.5. The Hall–Kier alpha value is -3.18. The van der Waals surface area contributed by atoms with Gasteiger partial charge < -0.3 is 10.3 Å². The summed E-state index contributed by atoms with van der Waals surface area (Å²) in [5.41, 5.74) is 4.01. The van der Waals surface area contributed by atoms with E-state index in [1.807, 2.05) is 48.5 Å². The van der Waals surface area contributed by atoms with Gasteiger partial charge in [0.2, 0.25) is 0 Å². The van der Waals surface area contributed by atoms with Crippen molar-refractivity contribution in [2.45, 2.75) is 0 Å². The summed E-state index contributed by atoms with van der Waals surface area (Å²) in [6.45, 7) is 0. The van der Waals surface area contributed by atoms with Crippen LogP contribution >= 0.6 is 11.6 Å². The van der Waals surface area contributed by atoms with E-state index in [-0.39, 0.29) is 11.1 Å². The van der Waals surface area contributed by atoms with Gasteiger partial charge in [-0.3, -0.25) is 4.79 Å². The van der Waals surface area contributed by atoms with Crippen molar-refractivity contribution >= 4 is 34.2 Å². The molecule has 0 aliphatic heterocycles. The number of hydrogen-bond donors (Lipinski definition) is 2. The SMILES string of the molecule is O=C(Nc1ccc(-c2nc3ccccc3[nH]2)cc1)c1ccnc(Cl)c1. The van der Waals surface area contributed by atoms with E-state index in [1.165, 1.54) is 12.3 Å². The largest absolute Gasteiger partial charge is 0.338 e. The van der Waals surface area contributed by atoms with Crippen LogP contribution in [0.3, 0.4) is 0 Å². The molecule has 4 rings (SSSR count). The first-order valence-corrected chi connectivity index (χ1v) is 8.05. The number of para-hydroxylation sites is 2. The smallest absolute Gasteiger partial charge is 0.255 e. The lowest BCUT2D eigenvalue weighted by Crippen LogP contribution is -2.11. The Kier molecular flexibility index (Phi) is 3.91. The van der Waals surface area contributed by atoms with Crippen molar-refractivity contribution in [3.05, 3.63) is 77.6 Å². The number of pyridine rings is 1. The predicted octanol–water partition coefficient (Wildman–Crippen LogP) is 4.53. The number of benzene rings is 2. The van der Waals surface area contributed by atoms with E-state index >= 15 is 0 Å². The fourth-order valence-corrected chi connectivity index (χ4v) is 2.72. The van der Waals surface area contributed by atoms with E-state index in [4.69, 9.17) is 11.6 Å². The van der Waals surface area contributed by atoms with Gasteiger partial charge in [0.1, 0.15) is 11.0 Å². The quantitative estimate of drug-likeness (QED) is 0.534. The summed E-state index contributed by atoms with van der Waals surface area (Å²) < 4.78 is 0. The van der Waals surface area contributed by atoms with Crippen molar-refractivity contribution in [2.24, 2.45) is 0 Å². The van der Waals surface area contributed by atoms with Crippen LogP contribution in [0, 0.1) is 0 Å². The summed E-state index contributed by atoms with van der Waals surface area (Å²) >= 11 is 5.81. The summed E-state index contributed by atoms with van der Waals surface area (Å²) in [5, 5.41) is 3.12. The fraction of sp³-hybridized carbons (Fsp3) is 0. The zero-order valence-electron chi connectivity index (χ0n) is 13.0. The highest BCUT2D eigenvalue weighted by atomic mass is 35.5. The molecular weight excluding hydrogens is 336 g/mol. The highest BCUT2D eigenvalue weighted by Gasteiger charge is 2.08. The molecule has 0 saturated carbocycles. The number of carbonyl (C=O) groups excluding carboxylic acids is 1. The van der Waals surface area contributed by atoms with Gasteiger partial charge in [-0.15, -0.1) is 0 Å². The summed E-state index contributed by atoms with van der Waals surface area (Å²) in [7, 11) is 0. The third kappa shape index (κ3) is 3.22. The molecule has 0 bridgehead atoms. The first-order valence-electron chi connectivity index (χ1n) is 7.67. The molecule has 1 amide bonds. The van der Waals surface area contributed by atoms with Gasteiger partial charge in [0.05, 0.1) is 11.0 Å². The van der Waals surface area contributed by atoms with E-state index in [1.54, 1.807) is 6.07 Å². The number of imidazole rings is 1. The topological polar surface area (TPSA) is 70.7 Å². The van der Waals surface area contributed by atoms with Gasteiger partial charge in [-0.25, -0.2) is 9.97 Å². The Labute approximate surface area is 148 Å². The molecule has 5 nitrogen and oxygen atoms in total. The minimum atomic E-state index is -0.235. The van der Waals surface area contributed by atoms with Crippen molar-refractivity contribution in [2.75, 3.05) is 5.32 Å². The van der Waals surface area contributed by atoms with Gasteiger partial charge >= 0.3 is 0 Å². The molecule has 2 aromatic heterocycles. The molecule has 0 spiro atoms. The maximum absolute atomic E-state index is 12.2. The molecule has 122 valence electrons. The Morgan fingerprint density at radius 3 is 2.60 bits per heavy atom. The number of nitrogens with one attached hydrogen (secondary N) is 2. The number of anilines is 1. The molecule has 0 atom stereocenters. The Bertz CT molecular complexity index is 1020. The number of halogens is 1. The van der Waals surface area contributed by atoms with Crippen LogP contribution in [-0.2, 0) is 0 Å². The van der Waals surface area contributed by atoms with Crippen molar-refractivity contribution in [1.82, 2.24) is 15.0 Å². The van der Waals surface area contributed by atoms with Crippen molar-refractivity contribution < 1.29 is 4.79 Å². The average molecular weight is 349 g/mol. The number of carbonyl (C=O) groups is 1. The summed E-state index contributed by atoms with van der Waals surface area (Å²) in [5.74, 6) is 0.556. The zero-order valence-corrected chi connectivity index (χ0v) is 13.8. The van der Waals surface area contributed by atoms with Gasteiger partial charge in [0.25, 0.3) is 5.91 Å². The van der Waals surface area contributed by atoms with Gasteiger partial charge in [-0.1, -0.05) is 23.7 Å². The van der Waals surface area contributed by atoms with Crippen LogP contribution in [-0.4, -0.2) is 20.9 Å². The maximum atomic E-state index is 12.2. The lowest BCUT2D eigenvalue weighted by atomic mass is 10.2. The van der Waals surface area contributed by atoms with Crippen LogP contribution in [0.25, 0.3) is 22.4 Å². The molecule has 4 aromatic rings. The van der Waals surface area contributed by atoms with E-state index in [0.717, 1.165) is 22.4 Å². The third-order valence-corrected chi connectivity index (χ3v) is 4.00.